The average Bonchev–Trinajstić information content (AvgIpc) is 3.54. The van der Waals surface area contributed by atoms with E-state index in [2.05, 4.69) is 6.58 Å². The quantitative estimate of drug-likeness (QED) is 0.237. The summed E-state index contributed by atoms with van der Waals surface area (Å²) in [5.74, 6) is 0.525. The van der Waals surface area contributed by atoms with E-state index < -0.39 is 15.9 Å². The van der Waals surface area contributed by atoms with Crippen molar-refractivity contribution in [1.82, 2.24) is 14.7 Å². The van der Waals surface area contributed by atoms with Gasteiger partial charge in [-0.1, -0.05) is 54.8 Å². The summed E-state index contributed by atoms with van der Waals surface area (Å²) < 4.78 is 31.9. The fourth-order valence-electron chi connectivity index (χ4n) is 4.45. The molecule has 5 rings (SSSR count). The maximum atomic E-state index is 13.3. The molecular formula is C27H25N3O4S3. The smallest absolute Gasteiger partial charge is 0.266 e. The van der Waals surface area contributed by atoms with Crippen LogP contribution in [-0.2, 0) is 14.6 Å². The Morgan fingerprint density at radius 1 is 1.24 bits per heavy atom. The van der Waals surface area contributed by atoms with E-state index in [9.17, 15) is 13.2 Å². The number of hydrogen-bond donors (Lipinski definition) is 0. The van der Waals surface area contributed by atoms with E-state index in [4.69, 9.17) is 22.1 Å². The fraction of sp³-hybridized carbons (Fsp3) is 0.222. The van der Waals surface area contributed by atoms with Crippen molar-refractivity contribution >= 4 is 50.1 Å². The lowest BCUT2D eigenvalue weighted by Gasteiger charge is -2.20. The van der Waals surface area contributed by atoms with Crippen LogP contribution >= 0.6 is 24.0 Å². The lowest BCUT2D eigenvalue weighted by Crippen LogP contribution is -2.39. The van der Waals surface area contributed by atoms with Crippen LogP contribution < -0.4 is 4.74 Å². The van der Waals surface area contributed by atoms with Crippen LogP contribution in [0, 0.1) is 6.92 Å². The Balaban J connectivity index is 1.54. The predicted octanol–water partition coefficient (Wildman–Crippen LogP) is 4.80. The van der Waals surface area contributed by atoms with E-state index in [-0.39, 0.29) is 17.4 Å². The van der Waals surface area contributed by atoms with E-state index in [1.807, 2.05) is 61.7 Å². The Labute approximate surface area is 225 Å². The molecule has 7 nitrogen and oxygen atoms in total. The molecule has 0 unspecified atom stereocenters. The number of hydrogen-bond acceptors (Lipinski definition) is 7. The zero-order valence-corrected chi connectivity index (χ0v) is 22.6. The van der Waals surface area contributed by atoms with Gasteiger partial charge >= 0.3 is 0 Å². The number of ether oxygens (including phenoxy) is 1. The molecule has 2 saturated heterocycles. The molecule has 2 fully saturated rings. The molecule has 0 aliphatic carbocycles. The van der Waals surface area contributed by atoms with Crippen LogP contribution in [0.2, 0.25) is 0 Å². The summed E-state index contributed by atoms with van der Waals surface area (Å²) in [7, 11) is -3.15. The van der Waals surface area contributed by atoms with Crippen molar-refractivity contribution in [2.75, 3.05) is 18.1 Å². The minimum absolute atomic E-state index is 0.0521. The average molecular weight is 552 g/mol. The Hall–Kier alpha value is -3.21. The van der Waals surface area contributed by atoms with E-state index in [0.717, 1.165) is 28.1 Å². The van der Waals surface area contributed by atoms with Gasteiger partial charge in [-0.15, -0.1) is 0 Å². The number of carbonyl (C=O) groups excluding carboxylic acids is 1. The Kier molecular flexibility index (Phi) is 7.06. The van der Waals surface area contributed by atoms with Crippen molar-refractivity contribution < 1.29 is 17.9 Å². The van der Waals surface area contributed by atoms with E-state index >= 15 is 0 Å². The minimum Gasteiger partial charge on any atom is -0.489 e. The first-order chi connectivity index (χ1) is 17.8. The maximum Gasteiger partial charge on any atom is 0.266 e. The van der Waals surface area contributed by atoms with Crippen LogP contribution in [0.4, 0.5) is 0 Å². The number of aromatic nitrogens is 2. The van der Waals surface area contributed by atoms with Crippen molar-refractivity contribution in [3.05, 3.63) is 83.4 Å². The maximum absolute atomic E-state index is 13.3. The summed E-state index contributed by atoms with van der Waals surface area (Å²) in [6.45, 7) is 6.08. The molecule has 190 valence electrons. The normalized spacial score (nSPS) is 20.1. The number of thioether (sulfide) groups is 1. The molecule has 3 heterocycles. The molecule has 0 radical (unpaired) electrons. The van der Waals surface area contributed by atoms with Gasteiger partial charge in [0.25, 0.3) is 5.91 Å². The molecular weight excluding hydrogens is 527 g/mol. The third-order valence-corrected chi connectivity index (χ3v) is 9.33. The standard InChI is InChI=1S/C27H25N3O4S3/c1-3-12-34-23-10-9-19(14-18(23)2)25-20(16-29(28-25)21-7-5-4-6-8-21)15-24-26(31)30(27(35)36-24)22-11-13-37(32,33)17-22/h3-10,14-16,22H,1,11-13,17H2,2H3/b24-15+/t22-/m0/s1. The third-order valence-electron chi connectivity index (χ3n) is 6.25. The Morgan fingerprint density at radius 2 is 2.03 bits per heavy atom. The van der Waals surface area contributed by atoms with Crippen LogP contribution in [-0.4, -0.2) is 57.5 Å². The van der Waals surface area contributed by atoms with Crippen LogP contribution in [0.15, 0.2) is 72.3 Å². The molecule has 2 aromatic carbocycles. The second kappa shape index (κ2) is 10.3. The van der Waals surface area contributed by atoms with Crippen LogP contribution in [0.1, 0.15) is 17.5 Å². The summed E-state index contributed by atoms with van der Waals surface area (Å²) in [6, 6.07) is 15.2. The fourth-order valence-corrected chi connectivity index (χ4v) is 7.54. The monoisotopic (exact) mass is 551 g/mol. The van der Waals surface area contributed by atoms with Crippen molar-refractivity contribution in [3.63, 3.8) is 0 Å². The van der Waals surface area contributed by atoms with Crippen molar-refractivity contribution in [2.24, 2.45) is 0 Å². The van der Waals surface area contributed by atoms with E-state index in [1.54, 1.807) is 16.8 Å². The number of benzene rings is 2. The minimum atomic E-state index is -3.15. The molecule has 0 spiro atoms. The first-order valence-electron chi connectivity index (χ1n) is 11.7. The molecule has 10 heteroatoms. The molecule has 0 saturated carbocycles. The van der Waals surface area contributed by atoms with E-state index in [0.29, 0.717) is 27.9 Å². The molecule has 0 bridgehead atoms. The van der Waals surface area contributed by atoms with Gasteiger partial charge in [-0.05, 0) is 55.3 Å². The highest BCUT2D eigenvalue weighted by Gasteiger charge is 2.42. The SMILES string of the molecule is C=CCOc1ccc(-c2nn(-c3ccccc3)cc2/C=C2/SC(=S)N([C@H]3CCS(=O)(=O)C3)C2=O)cc1C. The van der Waals surface area contributed by atoms with Gasteiger partial charge in [0.1, 0.15) is 22.4 Å². The van der Waals surface area contributed by atoms with Crippen LogP contribution in [0.3, 0.4) is 0 Å². The predicted molar refractivity (Wildman–Crippen MR) is 151 cm³/mol. The molecule has 37 heavy (non-hydrogen) atoms. The summed E-state index contributed by atoms with van der Waals surface area (Å²) >= 11 is 6.68. The summed E-state index contributed by atoms with van der Waals surface area (Å²) in [5.41, 5.74) is 4.17. The van der Waals surface area contributed by atoms with Gasteiger partial charge in [0.15, 0.2) is 9.84 Å². The van der Waals surface area contributed by atoms with Crippen molar-refractivity contribution in [3.8, 4) is 22.7 Å². The molecule has 0 N–H and O–H groups in total. The van der Waals surface area contributed by atoms with Gasteiger partial charge < -0.3 is 4.74 Å². The highest BCUT2D eigenvalue weighted by molar-refractivity contribution is 8.26. The molecule has 2 aliphatic rings. The summed E-state index contributed by atoms with van der Waals surface area (Å²) in [5, 5.41) is 4.85. The lowest BCUT2D eigenvalue weighted by atomic mass is 10.0. The van der Waals surface area contributed by atoms with Gasteiger partial charge in [0.2, 0.25) is 0 Å². The van der Waals surface area contributed by atoms with Crippen LogP contribution in [0.5, 0.6) is 5.75 Å². The second-order valence-electron chi connectivity index (χ2n) is 8.90. The van der Waals surface area contributed by atoms with Gasteiger partial charge in [-0.25, -0.2) is 13.1 Å². The highest BCUT2D eigenvalue weighted by atomic mass is 32.2. The van der Waals surface area contributed by atoms with Gasteiger partial charge in [-0.3, -0.25) is 9.69 Å². The number of amides is 1. The second-order valence-corrected chi connectivity index (χ2v) is 12.8. The van der Waals surface area contributed by atoms with Gasteiger partial charge in [-0.2, -0.15) is 5.10 Å². The highest BCUT2D eigenvalue weighted by Crippen LogP contribution is 2.38. The summed E-state index contributed by atoms with van der Waals surface area (Å²) in [6.07, 6.45) is 5.78. The van der Waals surface area contributed by atoms with Gasteiger partial charge in [0.05, 0.1) is 28.1 Å². The zero-order valence-electron chi connectivity index (χ0n) is 20.2. The first kappa shape index (κ1) is 25.4. The van der Waals surface area contributed by atoms with E-state index in [1.165, 1.54) is 16.7 Å². The number of rotatable bonds is 7. The van der Waals surface area contributed by atoms with Crippen molar-refractivity contribution in [2.45, 2.75) is 19.4 Å². The summed E-state index contributed by atoms with van der Waals surface area (Å²) in [4.78, 5) is 15.3. The zero-order chi connectivity index (χ0) is 26.2. The molecule has 1 aromatic heterocycles. The number of aryl methyl sites for hydroxylation is 1. The number of sulfone groups is 1. The van der Waals surface area contributed by atoms with Gasteiger partial charge in [0, 0.05) is 17.3 Å². The van der Waals surface area contributed by atoms with Crippen LogP contribution in [0.25, 0.3) is 23.0 Å². The molecule has 1 amide bonds. The molecule has 1 atom stereocenters. The number of nitrogens with zero attached hydrogens (tertiary/aromatic N) is 3. The number of carbonyl (C=O) groups is 1. The third kappa shape index (κ3) is 5.27. The van der Waals surface area contributed by atoms with Crippen molar-refractivity contribution in [1.29, 1.82) is 0 Å². The topological polar surface area (TPSA) is 81.5 Å². The number of para-hydroxylation sites is 1. The number of thiocarbonyl (C=S) groups is 1. The lowest BCUT2D eigenvalue weighted by molar-refractivity contribution is -0.123. The Morgan fingerprint density at radius 3 is 2.70 bits per heavy atom. The Bertz CT molecular complexity index is 1530. The molecule has 2 aliphatic heterocycles. The first-order valence-corrected chi connectivity index (χ1v) is 14.8. The largest absolute Gasteiger partial charge is 0.489 e. The molecule has 3 aromatic rings.